The molecule has 0 aliphatic carbocycles. The van der Waals surface area contributed by atoms with Gasteiger partial charge in [0.2, 0.25) is 0 Å². The lowest BCUT2D eigenvalue weighted by Gasteiger charge is -2.34. The van der Waals surface area contributed by atoms with E-state index in [4.69, 9.17) is 11.6 Å². The zero-order valence-corrected chi connectivity index (χ0v) is 14.2. The summed E-state index contributed by atoms with van der Waals surface area (Å²) in [6.45, 7) is 1.79. The summed E-state index contributed by atoms with van der Waals surface area (Å²) in [4.78, 5) is 24.8. The van der Waals surface area contributed by atoms with Crippen LogP contribution in [0.3, 0.4) is 0 Å². The summed E-state index contributed by atoms with van der Waals surface area (Å²) in [5, 5.41) is 7.51. The molecular formula is C17H19ClN4O2. The van der Waals surface area contributed by atoms with Crippen LogP contribution in [0, 0.1) is 0 Å². The monoisotopic (exact) mass is 346 g/mol. The third-order valence-electron chi connectivity index (χ3n) is 4.33. The fourth-order valence-corrected chi connectivity index (χ4v) is 3.10. The molecule has 1 aliphatic rings. The number of halogens is 1. The molecule has 1 N–H and O–H groups in total. The number of benzene rings is 1. The highest BCUT2D eigenvalue weighted by Gasteiger charge is 2.20. The topological polar surface area (TPSA) is 67.2 Å². The van der Waals surface area contributed by atoms with Crippen LogP contribution in [-0.4, -0.2) is 35.2 Å². The number of hydrogen-bond donors (Lipinski definition) is 1. The van der Waals surface area contributed by atoms with Crippen molar-refractivity contribution in [3.05, 3.63) is 51.4 Å². The molecule has 0 bridgehead atoms. The van der Waals surface area contributed by atoms with Gasteiger partial charge < -0.3 is 10.2 Å². The van der Waals surface area contributed by atoms with Gasteiger partial charge in [-0.25, -0.2) is 4.68 Å². The van der Waals surface area contributed by atoms with Crippen LogP contribution in [0.15, 0.2) is 35.3 Å². The van der Waals surface area contributed by atoms with Gasteiger partial charge in [0.1, 0.15) is 11.3 Å². The van der Waals surface area contributed by atoms with E-state index in [0.717, 1.165) is 37.9 Å². The van der Waals surface area contributed by atoms with Gasteiger partial charge in [-0.15, -0.1) is 0 Å². The van der Waals surface area contributed by atoms with Gasteiger partial charge >= 0.3 is 0 Å². The molecule has 1 aromatic carbocycles. The highest BCUT2D eigenvalue weighted by atomic mass is 35.5. The van der Waals surface area contributed by atoms with E-state index in [2.05, 4.69) is 15.3 Å². The second kappa shape index (κ2) is 7.05. The lowest BCUT2D eigenvalue weighted by atomic mass is 10.0. The van der Waals surface area contributed by atoms with E-state index in [1.807, 2.05) is 24.3 Å². The molecule has 1 fully saturated rings. The van der Waals surface area contributed by atoms with E-state index in [0.29, 0.717) is 11.3 Å². The standard InChI is InChI=1S/C17H19ClN4O2/c1-21-17(24)16(18)15(10-19-21)20-13-6-8-22(9-7-13)14-4-2-12(11-23)3-5-14/h2-5,10-11,13,20H,6-9H2,1H3. The van der Waals surface area contributed by atoms with Crippen molar-refractivity contribution < 1.29 is 4.79 Å². The maximum Gasteiger partial charge on any atom is 0.287 e. The van der Waals surface area contributed by atoms with Crippen LogP contribution in [0.25, 0.3) is 0 Å². The Morgan fingerprint density at radius 1 is 1.25 bits per heavy atom. The molecule has 1 saturated heterocycles. The summed E-state index contributed by atoms with van der Waals surface area (Å²) in [6.07, 6.45) is 4.30. The molecule has 1 aromatic heterocycles. The van der Waals surface area contributed by atoms with Crippen LogP contribution in [0.2, 0.25) is 5.02 Å². The number of nitrogens with one attached hydrogen (secondary N) is 1. The van der Waals surface area contributed by atoms with Crippen molar-refractivity contribution in [2.75, 3.05) is 23.3 Å². The van der Waals surface area contributed by atoms with Gasteiger partial charge in [-0.05, 0) is 37.1 Å². The predicted octanol–water partition coefficient (Wildman–Crippen LogP) is 2.33. The minimum absolute atomic E-state index is 0.180. The maximum atomic E-state index is 11.8. The number of aldehydes is 1. The first kappa shape index (κ1) is 16.5. The number of hydrogen-bond acceptors (Lipinski definition) is 5. The van der Waals surface area contributed by atoms with E-state index >= 15 is 0 Å². The van der Waals surface area contributed by atoms with Crippen molar-refractivity contribution in [1.29, 1.82) is 0 Å². The van der Waals surface area contributed by atoms with Crippen LogP contribution in [0.1, 0.15) is 23.2 Å². The first-order chi connectivity index (χ1) is 11.6. The fraction of sp³-hybridized carbons (Fsp3) is 0.353. The number of aromatic nitrogens is 2. The Hall–Kier alpha value is -2.34. The molecule has 1 aliphatic heterocycles. The third-order valence-corrected chi connectivity index (χ3v) is 4.69. The van der Waals surface area contributed by atoms with Crippen LogP contribution in [0.4, 0.5) is 11.4 Å². The minimum atomic E-state index is -0.297. The summed E-state index contributed by atoms with van der Waals surface area (Å²) in [5.74, 6) is 0. The van der Waals surface area contributed by atoms with Crippen molar-refractivity contribution in [2.45, 2.75) is 18.9 Å². The highest BCUT2D eigenvalue weighted by molar-refractivity contribution is 6.32. The Bertz CT molecular complexity index is 780. The normalized spacial score (nSPS) is 15.3. The van der Waals surface area contributed by atoms with Crippen molar-refractivity contribution >= 4 is 29.3 Å². The van der Waals surface area contributed by atoms with Gasteiger partial charge in [0, 0.05) is 37.4 Å². The van der Waals surface area contributed by atoms with Crippen LogP contribution in [0.5, 0.6) is 0 Å². The molecule has 0 amide bonds. The average molecular weight is 347 g/mol. The first-order valence-corrected chi connectivity index (χ1v) is 8.25. The zero-order valence-electron chi connectivity index (χ0n) is 13.4. The van der Waals surface area contributed by atoms with Gasteiger partial charge in [-0.1, -0.05) is 11.6 Å². The number of rotatable bonds is 4. The smallest absolute Gasteiger partial charge is 0.287 e. The lowest BCUT2D eigenvalue weighted by molar-refractivity contribution is 0.112. The summed E-state index contributed by atoms with van der Waals surface area (Å²) in [5.41, 5.74) is 2.10. The van der Waals surface area contributed by atoms with E-state index in [-0.39, 0.29) is 16.6 Å². The van der Waals surface area contributed by atoms with Gasteiger partial charge in [0.05, 0.1) is 11.9 Å². The Balaban J connectivity index is 1.62. The zero-order chi connectivity index (χ0) is 17.1. The molecule has 0 unspecified atom stereocenters. The average Bonchev–Trinajstić information content (AvgIpc) is 2.63. The lowest BCUT2D eigenvalue weighted by Crippen LogP contribution is -2.39. The van der Waals surface area contributed by atoms with Gasteiger partial charge in [0.25, 0.3) is 5.56 Å². The van der Waals surface area contributed by atoms with Crippen molar-refractivity contribution in [1.82, 2.24) is 9.78 Å². The van der Waals surface area contributed by atoms with E-state index in [1.165, 1.54) is 4.68 Å². The molecule has 0 radical (unpaired) electrons. The molecule has 2 heterocycles. The summed E-state index contributed by atoms with van der Waals surface area (Å²) in [6, 6.07) is 7.86. The maximum absolute atomic E-state index is 11.8. The molecule has 7 heteroatoms. The molecular weight excluding hydrogens is 328 g/mol. The van der Waals surface area contributed by atoms with Gasteiger partial charge in [0.15, 0.2) is 0 Å². The van der Waals surface area contributed by atoms with Crippen LogP contribution in [-0.2, 0) is 7.05 Å². The molecule has 6 nitrogen and oxygen atoms in total. The largest absolute Gasteiger partial charge is 0.380 e. The number of aryl methyl sites for hydroxylation is 1. The van der Waals surface area contributed by atoms with Crippen LogP contribution < -0.4 is 15.8 Å². The van der Waals surface area contributed by atoms with Crippen molar-refractivity contribution in [2.24, 2.45) is 7.05 Å². The number of anilines is 2. The number of carbonyl (C=O) groups excluding carboxylic acids is 1. The van der Waals surface area contributed by atoms with E-state index in [9.17, 15) is 9.59 Å². The Kier molecular flexibility index (Phi) is 4.85. The molecule has 0 spiro atoms. The van der Waals surface area contributed by atoms with Gasteiger partial charge in [-0.2, -0.15) is 5.10 Å². The molecule has 24 heavy (non-hydrogen) atoms. The SMILES string of the molecule is Cn1ncc(NC2CCN(c3ccc(C=O)cc3)CC2)c(Cl)c1=O. The van der Waals surface area contributed by atoms with E-state index < -0.39 is 0 Å². The molecule has 0 saturated carbocycles. The molecule has 0 atom stereocenters. The Morgan fingerprint density at radius 3 is 2.54 bits per heavy atom. The fourth-order valence-electron chi connectivity index (χ4n) is 2.88. The predicted molar refractivity (Wildman–Crippen MR) is 95.2 cm³/mol. The first-order valence-electron chi connectivity index (χ1n) is 7.87. The quantitative estimate of drug-likeness (QED) is 0.861. The second-order valence-corrected chi connectivity index (χ2v) is 6.29. The highest BCUT2D eigenvalue weighted by Crippen LogP contribution is 2.24. The molecule has 2 aromatic rings. The second-order valence-electron chi connectivity index (χ2n) is 5.92. The third kappa shape index (κ3) is 3.43. The number of carbonyl (C=O) groups is 1. The summed E-state index contributed by atoms with van der Waals surface area (Å²) >= 11 is 6.10. The number of piperidine rings is 1. The molecule has 126 valence electrons. The van der Waals surface area contributed by atoms with E-state index in [1.54, 1.807) is 13.2 Å². The summed E-state index contributed by atoms with van der Waals surface area (Å²) in [7, 11) is 1.58. The minimum Gasteiger partial charge on any atom is -0.380 e. The Morgan fingerprint density at radius 2 is 1.92 bits per heavy atom. The number of nitrogens with zero attached hydrogens (tertiary/aromatic N) is 3. The summed E-state index contributed by atoms with van der Waals surface area (Å²) < 4.78 is 1.22. The Labute approximate surface area is 145 Å². The molecule has 3 rings (SSSR count). The van der Waals surface area contributed by atoms with Crippen molar-refractivity contribution in [3.8, 4) is 0 Å². The van der Waals surface area contributed by atoms with Crippen LogP contribution >= 0.6 is 11.6 Å². The van der Waals surface area contributed by atoms with Crippen molar-refractivity contribution in [3.63, 3.8) is 0 Å². The van der Waals surface area contributed by atoms with Gasteiger partial charge in [-0.3, -0.25) is 9.59 Å².